The number of nitrogens with zero attached hydrogens (tertiary/aromatic N) is 4. The molecule has 0 spiro atoms. The molecular weight excluding hydrogens is 461 g/mol. The Morgan fingerprint density at radius 1 is 1.03 bits per heavy atom. The number of hydrogen-bond donors (Lipinski definition) is 1. The molecule has 1 N–H and O–H groups in total. The third-order valence-corrected chi connectivity index (χ3v) is 6.01. The fraction of sp³-hybridized carbons (Fsp3) is 0.148. The molecule has 2 aromatic carbocycles. The van der Waals surface area contributed by atoms with Gasteiger partial charge in [-0.15, -0.1) is 0 Å². The lowest BCUT2D eigenvalue weighted by Crippen LogP contribution is -2.22. The van der Waals surface area contributed by atoms with Crippen LogP contribution in [0.2, 0.25) is 0 Å². The minimum atomic E-state index is -0.387. The van der Waals surface area contributed by atoms with Gasteiger partial charge in [-0.3, -0.25) is 9.59 Å². The van der Waals surface area contributed by atoms with Gasteiger partial charge in [0.25, 0.3) is 5.89 Å². The molecule has 0 radical (unpaired) electrons. The number of aryl methyl sites for hydroxylation is 2. The zero-order valence-corrected chi connectivity index (χ0v) is 19.9. The van der Waals surface area contributed by atoms with Crippen molar-refractivity contribution < 1.29 is 13.7 Å². The van der Waals surface area contributed by atoms with E-state index in [-0.39, 0.29) is 41.0 Å². The van der Waals surface area contributed by atoms with Crippen molar-refractivity contribution in [3.63, 3.8) is 0 Å². The number of rotatable bonds is 5. The zero-order chi connectivity index (χ0) is 25.4. The Morgan fingerprint density at radius 3 is 2.58 bits per heavy atom. The van der Waals surface area contributed by atoms with E-state index in [1.165, 1.54) is 30.5 Å². The van der Waals surface area contributed by atoms with Crippen LogP contribution in [0.15, 0.2) is 70.1 Å². The van der Waals surface area contributed by atoms with Crippen LogP contribution in [-0.4, -0.2) is 25.6 Å². The summed E-state index contributed by atoms with van der Waals surface area (Å²) in [5.41, 5.74) is 4.16. The molecule has 0 aliphatic heterocycles. The number of carbonyl (C=O) groups excluding carboxylic acids is 1. The van der Waals surface area contributed by atoms with E-state index in [0.29, 0.717) is 22.3 Å². The number of amides is 1. The van der Waals surface area contributed by atoms with Crippen molar-refractivity contribution in [2.75, 3.05) is 5.32 Å². The summed E-state index contributed by atoms with van der Waals surface area (Å²) in [4.78, 5) is 35.2. The smallest absolute Gasteiger partial charge is 0.263 e. The number of pyridine rings is 2. The van der Waals surface area contributed by atoms with E-state index in [0.717, 1.165) is 16.8 Å². The van der Waals surface area contributed by atoms with E-state index in [1.54, 1.807) is 16.7 Å². The Morgan fingerprint density at radius 2 is 1.81 bits per heavy atom. The van der Waals surface area contributed by atoms with Gasteiger partial charge in [-0.2, -0.15) is 4.98 Å². The highest BCUT2D eigenvalue weighted by atomic mass is 19.1. The van der Waals surface area contributed by atoms with Gasteiger partial charge < -0.3 is 14.4 Å². The molecule has 36 heavy (non-hydrogen) atoms. The lowest BCUT2D eigenvalue weighted by atomic mass is 10.1. The lowest BCUT2D eigenvalue weighted by Gasteiger charge is -2.14. The molecule has 8 nitrogen and oxygen atoms in total. The highest BCUT2D eigenvalue weighted by molar-refractivity contribution is 5.92. The van der Waals surface area contributed by atoms with Gasteiger partial charge in [0.05, 0.1) is 5.39 Å². The van der Waals surface area contributed by atoms with Gasteiger partial charge >= 0.3 is 0 Å². The van der Waals surface area contributed by atoms with Crippen LogP contribution in [-0.2, 0) is 11.3 Å². The normalized spacial score (nSPS) is 11.1. The van der Waals surface area contributed by atoms with Crippen LogP contribution in [0.5, 0.6) is 0 Å². The van der Waals surface area contributed by atoms with Gasteiger partial charge in [0.2, 0.25) is 17.2 Å². The molecule has 9 heteroatoms. The molecule has 180 valence electrons. The van der Waals surface area contributed by atoms with Crippen LogP contribution in [0.1, 0.15) is 16.8 Å². The average molecular weight is 484 g/mol. The highest BCUT2D eigenvalue weighted by Gasteiger charge is 2.19. The third-order valence-electron chi connectivity index (χ3n) is 6.01. The first-order valence-electron chi connectivity index (χ1n) is 11.3. The molecule has 5 rings (SSSR count). The molecule has 3 heterocycles. The van der Waals surface area contributed by atoms with Gasteiger partial charge in [0.15, 0.2) is 0 Å². The second-order valence-corrected chi connectivity index (χ2v) is 8.55. The van der Waals surface area contributed by atoms with E-state index < -0.39 is 0 Å². The Labute approximate surface area is 205 Å². The number of halogens is 1. The number of nitrogens with one attached hydrogen (secondary N) is 1. The fourth-order valence-corrected chi connectivity index (χ4v) is 3.91. The van der Waals surface area contributed by atoms with E-state index in [4.69, 9.17) is 4.52 Å². The van der Waals surface area contributed by atoms with Gasteiger partial charge in [-0.25, -0.2) is 9.37 Å². The number of benzene rings is 2. The summed E-state index contributed by atoms with van der Waals surface area (Å²) in [6.07, 6.45) is 1.50. The maximum absolute atomic E-state index is 13.3. The average Bonchev–Trinajstić information content (AvgIpc) is 3.34. The molecular formula is C27H22FN5O3. The third kappa shape index (κ3) is 4.38. The molecule has 0 saturated heterocycles. The molecule has 0 atom stereocenters. The van der Waals surface area contributed by atoms with Gasteiger partial charge in [-0.05, 0) is 74.4 Å². The predicted octanol–water partition coefficient (Wildman–Crippen LogP) is 4.82. The minimum absolute atomic E-state index is 0.00881. The number of fused-ring (bicyclic) bond motifs is 1. The summed E-state index contributed by atoms with van der Waals surface area (Å²) in [7, 11) is 0. The summed E-state index contributed by atoms with van der Waals surface area (Å²) < 4.78 is 20.3. The molecule has 3 aromatic heterocycles. The van der Waals surface area contributed by atoms with E-state index in [1.807, 2.05) is 39.0 Å². The van der Waals surface area contributed by atoms with E-state index in [2.05, 4.69) is 20.4 Å². The molecule has 0 saturated carbocycles. The molecule has 0 aliphatic rings. The first-order valence-corrected chi connectivity index (χ1v) is 11.3. The summed E-state index contributed by atoms with van der Waals surface area (Å²) in [5.74, 6) is -0.460. The van der Waals surface area contributed by atoms with Crippen molar-refractivity contribution in [2.45, 2.75) is 27.3 Å². The standard InChI is InChI=1S/C27H22FN5O3/c1-15-5-4-6-22(17(15)3)30-23(34)14-33-13-21(24(35)20-12-7-16(2)29-26(20)33)27-31-25(32-36-27)18-8-10-19(28)11-9-18/h4-13H,14H2,1-3H3,(H,30,34). The second-order valence-electron chi connectivity index (χ2n) is 8.55. The SMILES string of the molecule is Cc1ccc2c(=O)c(-c3nc(-c4ccc(F)cc4)no3)cn(CC(=O)Nc3cccc(C)c3C)c2n1. The van der Waals surface area contributed by atoms with Crippen LogP contribution >= 0.6 is 0 Å². The topological polar surface area (TPSA) is 103 Å². The summed E-state index contributed by atoms with van der Waals surface area (Å²) in [6, 6.07) is 14.7. The van der Waals surface area contributed by atoms with Crippen molar-refractivity contribution in [3.05, 3.63) is 93.7 Å². The summed E-state index contributed by atoms with van der Waals surface area (Å²) >= 11 is 0. The summed E-state index contributed by atoms with van der Waals surface area (Å²) in [6.45, 7) is 5.64. The van der Waals surface area contributed by atoms with Crippen LogP contribution in [0.4, 0.5) is 10.1 Å². The predicted molar refractivity (Wildman–Crippen MR) is 134 cm³/mol. The number of hydrogen-bond acceptors (Lipinski definition) is 6. The van der Waals surface area contributed by atoms with E-state index in [9.17, 15) is 14.0 Å². The van der Waals surface area contributed by atoms with Crippen molar-refractivity contribution in [2.24, 2.45) is 0 Å². The van der Waals surface area contributed by atoms with Gasteiger partial charge in [-0.1, -0.05) is 17.3 Å². The maximum atomic E-state index is 13.3. The molecule has 0 aliphatic carbocycles. The molecule has 1 amide bonds. The second kappa shape index (κ2) is 9.18. The molecule has 0 fully saturated rings. The lowest BCUT2D eigenvalue weighted by molar-refractivity contribution is -0.116. The fourth-order valence-electron chi connectivity index (χ4n) is 3.91. The van der Waals surface area contributed by atoms with Gasteiger partial charge in [0.1, 0.15) is 23.6 Å². The first-order chi connectivity index (χ1) is 17.3. The molecule has 5 aromatic rings. The highest BCUT2D eigenvalue weighted by Crippen LogP contribution is 2.23. The molecule has 0 bridgehead atoms. The maximum Gasteiger partial charge on any atom is 0.263 e. The molecule has 0 unspecified atom stereocenters. The number of aromatic nitrogens is 4. The van der Waals surface area contributed by atoms with Crippen molar-refractivity contribution >= 4 is 22.6 Å². The van der Waals surface area contributed by atoms with Crippen molar-refractivity contribution in [1.29, 1.82) is 0 Å². The van der Waals surface area contributed by atoms with Crippen LogP contribution in [0, 0.1) is 26.6 Å². The van der Waals surface area contributed by atoms with Gasteiger partial charge in [0, 0.05) is 23.1 Å². The minimum Gasteiger partial charge on any atom is -0.333 e. The zero-order valence-electron chi connectivity index (χ0n) is 19.9. The summed E-state index contributed by atoms with van der Waals surface area (Å²) in [5, 5.41) is 7.19. The quantitative estimate of drug-likeness (QED) is 0.385. The largest absolute Gasteiger partial charge is 0.333 e. The van der Waals surface area contributed by atoms with E-state index >= 15 is 0 Å². The number of carbonyl (C=O) groups is 1. The van der Waals surface area contributed by atoms with Crippen molar-refractivity contribution in [1.82, 2.24) is 19.7 Å². The van der Waals surface area contributed by atoms with Crippen LogP contribution < -0.4 is 10.7 Å². The van der Waals surface area contributed by atoms with Crippen molar-refractivity contribution in [3.8, 4) is 22.8 Å². The van der Waals surface area contributed by atoms with Crippen LogP contribution in [0.3, 0.4) is 0 Å². The Balaban J connectivity index is 1.55. The Bertz CT molecular complexity index is 1670. The Hall–Kier alpha value is -4.66. The monoisotopic (exact) mass is 483 g/mol. The van der Waals surface area contributed by atoms with Crippen LogP contribution in [0.25, 0.3) is 33.9 Å². The Kier molecular flexibility index (Phi) is 5.89. The number of anilines is 1. The first kappa shape index (κ1) is 23.1.